The van der Waals surface area contributed by atoms with Crippen molar-refractivity contribution in [1.29, 1.82) is 0 Å². The first kappa shape index (κ1) is 14.4. The first-order chi connectivity index (χ1) is 11.2. The van der Waals surface area contributed by atoms with Crippen molar-refractivity contribution in [2.45, 2.75) is 31.7 Å². The Kier molecular flexibility index (Phi) is 3.61. The minimum Gasteiger partial charge on any atom is -0.336 e. The summed E-state index contributed by atoms with van der Waals surface area (Å²) in [4.78, 5) is 18.9. The van der Waals surface area contributed by atoms with Gasteiger partial charge in [-0.2, -0.15) is 4.98 Å². The Hall–Kier alpha value is -2.21. The smallest absolute Gasteiger partial charge is 0.257 e. The molecule has 1 saturated carbocycles. The molecule has 4 rings (SSSR count). The monoisotopic (exact) mass is 312 g/mol. The highest BCUT2D eigenvalue weighted by atomic mass is 16.5. The molecule has 2 heterocycles. The fourth-order valence-electron chi connectivity index (χ4n) is 2.91. The summed E-state index contributed by atoms with van der Waals surface area (Å²) in [6.07, 6.45) is 2.30. The lowest BCUT2D eigenvalue weighted by molar-refractivity contribution is 0.0709. The fraction of sp³-hybridized carbons (Fsp3) is 0.471. The summed E-state index contributed by atoms with van der Waals surface area (Å²) in [5.41, 5.74) is 1.56. The van der Waals surface area contributed by atoms with Gasteiger partial charge >= 0.3 is 0 Å². The zero-order valence-corrected chi connectivity index (χ0v) is 13.2. The van der Waals surface area contributed by atoms with E-state index in [1.54, 1.807) is 0 Å². The molecule has 23 heavy (non-hydrogen) atoms. The quantitative estimate of drug-likeness (QED) is 0.939. The molecular weight excluding hydrogens is 292 g/mol. The number of carbonyl (C=O) groups excluding carboxylic acids is 1. The average Bonchev–Trinajstić information content (AvgIpc) is 3.32. The second kappa shape index (κ2) is 5.77. The van der Waals surface area contributed by atoms with E-state index >= 15 is 0 Å². The third-order valence-corrected chi connectivity index (χ3v) is 4.42. The van der Waals surface area contributed by atoms with E-state index in [0.29, 0.717) is 23.4 Å². The lowest BCUT2D eigenvalue weighted by atomic mass is 10.1. The zero-order chi connectivity index (χ0) is 15.8. The lowest BCUT2D eigenvalue weighted by Gasteiger charge is -2.32. The van der Waals surface area contributed by atoms with Crippen LogP contribution in [-0.4, -0.2) is 46.6 Å². The van der Waals surface area contributed by atoms with Gasteiger partial charge in [-0.15, -0.1) is 0 Å². The molecule has 1 unspecified atom stereocenters. The van der Waals surface area contributed by atoms with E-state index in [1.807, 2.05) is 29.2 Å². The normalized spacial score (nSPS) is 21.4. The van der Waals surface area contributed by atoms with Gasteiger partial charge in [0, 0.05) is 42.7 Å². The summed E-state index contributed by atoms with van der Waals surface area (Å²) in [5.74, 6) is 1.88. The Morgan fingerprint density at radius 1 is 1.30 bits per heavy atom. The van der Waals surface area contributed by atoms with Crippen LogP contribution in [0.5, 0.6) is 0 Å². The molecule has 2 aliphatic rings. The molecule has 1 saturated heterocycles. The summed E-state index contributed by atoms with van der Waals surface area (Å²) in [6, 6.07) is 7.77. The molecule has 0 bridgehead atoms. The molecule has 2 fully saturated rings. The maximum Gasteiger partial charge on any atom is 0.257 e. The molecule has 1 aromatic heterocycles. The number of carbonyl (C=O) groups is 1. The number of nitrogens with one attached hydrogen (secondary N) is 1. The van der Waals surface area contributed by atoms with E-state index < -0.39 is 0 Å². The molecular formula is C17H20N4O2. The molecule has 1 aliphatic heterocycles. The maximum absolute atomic E-state index is 12.5. The molecule has 2 aromatic rings. The van der Waals surface area contributed by atoms with Gasteiger partial charge in [-0.1, -0.05) is 5.16 Å². The summed E-state index contributed by atoms with van der Waals surface area (Å²) in [6.45, 7) is 4.43. The van der Waals surface area contributed by atoms with Crippen molar-refractivity contribution in [2.75, 3.05) is 19.6 Å². The van der Waals surface area contributed by atoms with Gasteiger partial charge in [0.15, 0.2) is 5.82 Å². The average molecular weight is 312 g/mol. The Labute approximate surface area is 134 Å². The van der Waals surface area contributed by atoms with Gasteiger partial charge in [-0.3, -0.25) is 4.79 Å². The van der Waals surface area contributed by atoms with Crippen molar-refractivity contribution in [2.24, 2.45) is 0 Å². The first-order valence-corrected chi connectivity index (χ1v) is 8.17. The van der Waals surface area contributed by atoms with Gasteiger partial charge in [0.25, 0.3) is 11.8 Å². The predicted molar refractivity (Wildman–Crippen MR) is 85.1 cm³/mol. The second-order valence-corrected chi connectivity index (χ2v) is 6.42. The summed E-state index contributed by atoms with van der Waals surface area (Å²) >= 11 is 0. The summed E-state index contributed by atoms with van der Waals surface area (Å²) < 4.78 is 5.32. The fourth-order valence-corrected chi connectivity index (χ4v) is 2.91. The van der Waals surface area contributed by atoms with Gasteiger partial charge in [0.1, 0.15) is 0 Å². The van der Waals surface area contributed by atoms with Crippen molar-refractivity contribution in [3.8, 4) is 11.5 Å². The molecule has 0 radical (unpaired) electrons. The standard InChI is InChI=1S/C17H20N4O2/c1-11-10-21(9-8-18-11)17(22)14-6-4-13(5-7-14)16-19-15(20-23-16)12-2-3-12/h4-7,11-12,18H,2-3,8-10H2,1H3. The molecule has 1 aliphatic carbocycles. The molecule has 1 N–H and O–H groups in total. The Morgan fingerprint density at radius 2 is 2.09 bits per heavy atom. The van der Waals surface area contributed by atoms with Crippen LogP contribution < -0.4 is 5.32 Å². The Bertz CT molecular complexity index is 706. The van der Waals surface area contributed by atoms with Gasteiger partial charge in [-0.25, -0.2) is 0 Å². The number of benzene rings is 1. The number of nitrogens with zero attached hydrogens (tertiary/aromatic N) is 3. The van der Waals surface area contributed by atoms with Crippen LogP contribution in [0.2, 0.25) is 0 Å². The number of piperazine rings is 1. The minimum absolute atomic E-state index is 0.0779. The Morgan fingerprint density at radius 3 is 2.78 bits per heavy atom. The van der Waals surface area contributed by atoms with Crippen molar-refractivity contribution < 1.29 is 9.32 Å². The van der Waals surface area contributed by atoms with Crippen molar-refractivity contribution in [3.05, 3.63) is 35.7 Å². The van der Waals surface area contributed by atoms with Crippen LogP contribution >= 0.6 is 0 Å². The molecule has 1 amide bonds. The molecule has 1 aromatic carbocycles. The number of hydrogen-bond donors (Lipinski definition) is 1. The SMILES string of the molecule is CC1CN(C(=O)c2ccc(-c3nc(C4CC4)no3)cc2)CCN1. The van der Waals surface area contributed by atoms with Crippen molar-refractivity contribution in [3.63, 3.8) is 0 Å². The second-order valence-electron chi connectivity index (χ2n) is 6.42. The van der Waals surface area contributed by atoms with Crippen LogP contribution in [0.3, 0.4) is 0 Å². The summed E-state index contributed by atoms with van der Waals surface area (Å²) in [7, 11) is 0. The highest BCUT2D eigenvalue weighted by Gasteiger charge is 2.29. The zero-order valence-electron chi connectivity index (χ0n) is 13.2. The topological polar surface area (TPSA) is 71.3 Å². The van der Waals surface area contributed by atoms with E-state index in [-0.39, 0.29) is 5.91 Å². The first-order valence-electron chi connectivity index (χ1n) is 8.17. The predicted octanol–water partition coefficient (Wildman–Crippen LogP) is 2.05. The minimum atomic E-state index is 0.0779. The van der Waals surface area contributed by atoms with Gasteiger partial charge in [0.05, 0.1) is 0 Å². The van der Waals surface area contributed by atoms with Gasteiger partial charge < -0.3 is 14.7 Å². The highest BCUT2D eigenvalue weighted by Crippen LogP contribution is 2.38. The number of rotatable bonds is 3. The van der Waals surface area contributed by atoms with Crippen molar-refractivity contribution in [1.82, 2.24) is 20.4 Å². The molecule has 6 heteroatoms. The lowest BCUT2D eigenvalue weighted by Crippen LogP contribution is -2.51. The van der Waals surface area contributed by atoms with Crippen molar-refractivity contribution >= 4 is 5.91 Å². The van der Waals surface area contributed by atoms with Crippen LogP contribution in [0.15, 0.2) is 28.8 Å². The Balaban J connectivity index is 1.49. The molecule has 6 nitrogen and oxygen atoms in total. The van der Waals surface area contributed by atoms with E-state index in [0.717, 1.165) is 43.9 Å². The van der Waals surface area contributed by atoms with E-state index in [1.165, 1.54) is 0 Å². The number of amides is 1. The maximum atomic E-state index is 12.5. The van der Waals surface area contributed by atoms with Gasteiger partial charge in [-0.05, 0) is 44.0 Å². The third kappa shape index (κ3) is 2.99. The van der Waals surface area contributed by atoms with Crippen LogP contribution in [0, 0.1) is 0 Å². The van der Waals surface area contributed by atoms with E-state index in [2.05, 4.69) is 22.4 Å². The van der Waals surface area contributed by atoms with Crippen LogP contribution in [-0.2, 0) is 0 Å². The molecule has 1 atom stereocenters. The van der Waals surface area contributed by atoms with Crippen LogP contribution in [0.25, 0.3) is 11.5 Å². The molecule has 120 valence electrons. The van der Waals surface area contributed by atoms with Crippen LogP contribution in [0.4, 0.5) is 0 Å². The largest absolute Gasteiger partial charge is 0.336 e. The third-order valence-electron chi connectivity index (χ3n) is 4.42. The molecule has 0 spiro atoms. The van der Waals surface area contributed by atoms with Gasteiger partial charge in [0.2, 0.25) is 0 Å². The summed E-state index contributed by atoms with van der Waals surface area (Å²) in [5, 5.41) is 7.37. The van der Waals surface area contributed by atoms with Crippen LogP contribution in [0.1, 0.15) is 41.9 Å². The number of hydrogen-bond acceptors (Lipinski definition) is 5. The van der Waals surface area contributed by atoms with E-state index in [4.69, 9.17) is 4.52 Å². The van der Waals surface area contributed by atoms with E-state index in [9.17, 15) is 4.79 Å². The number of aromatic nitrogens is 2. The highest BCUT2D eigenvalue weighted by molar-refractivity contribution is 5.94.